The standard InChI is InChI=1S/C24H26N4O2/c29-24-11-10-19-6-1-3-8-22(19)28(24)13-5-12-26-14-16-27(17-15-26)18-21-20-7-2-4-9-23(20)30-25-21/h1-4,6-11H,5,12-18H2. The van der Waals surface area contributed by atoms with Gasteiger partial charge in [0, 0.05) is 50.7 Å². The quantitative estimate of drug-likeness (QED) is 0.495. The number of benzene rings is 2. The van der Waals surface area contributed by atoms with Crippen molar-refractivity contribution in [2.24, 2.45) is 0 Å². The Morgan fingerprint density at radius 3 is 2.50 bits per heavy atom. The second-order valence-corrected chi connectivity index (χ2v) is 7.98. The van der Waals surface area contributed by atoms with Crippen molar-refractivity contribution < 1.29 is 4.52 Å². The van der Waals surface area contributed by atoms with Crippen molar-refractivity contribution in [2.45, 2.75) is 19.5 Å². The van der Waals surface area contributed by atoms with Gasteiger partial charge in [0.2, 0.25) is 0 Å². The number of pyridine rings is 1. The zero-order valence-corrected chi connectivity index (χ0v) is 17.0. The van der Waals surface area contributed by atoms with Crippen molar-refractivity contribution >= 4 is 21.9 Å². The highest BCUT2D eigenvalue weighted by atomic mass is 16.5. The highest BCUT2D eigenvalue weighted by Gasteiger charge is 2.19. The molecule has 0 aliphatic carbocycles. The number of rotatable bonds is 6. The predicted molar refractivity (Wildman–Crippen MR) is 119 cm³/mol. The fourth-order valence-corrected chi connectivity index (χ4v) is 4.36. The molecule has 3 heterocycles. The molecule has 30 heavy (non-hydrogen) atoms. The molecule has 1 fully saturated rings. The summed E-state index contributed by atoms with van der Waals surface area (Å²) in [5.41, 5.74) is 2.98. The lowest BCUT2D eigenvalue weighted by Gasteiger charge is -2.34. The van der Waals surface area contributed by atoms with Gasteiger partial charge in [-0.2, -0.15) is 0 Å². The number of para-hydroxylation sites is 2. The number of hydrogen-bond acceptors (Lipinski definition) is 5. The smallest absolute Gasteiger partial charge is 0.251 e. The third-order valence-electron chi connectivity index (χ3n) is 6.05. The van der Waals surface area contributed by atoms with Crippen molar-refractivity contribution in [3.63, 3.8) is 0 Å². The first kappa shape index (κ1) is 19.0. The predicted octanol–water partition coefficient (Wildman–Crippen LogP) is 3.35. The van der Waals surface area contributed by atoms with Crippen LogP contribution in [0.5, 0.6) is 0 Å². The van der Waals surface area contributed by atoms with Crippen LogP contribution in [0.2, 0.25) is 0 Å². The maximum absolute atomic E-state index is 12.3. The molecule has 0 N–H and O–H groups in total. The summed E-state index contributed by atoms with van der Waals surface area (Å²) >= 11 is 0. The third kappa shape index (κ3) is 3.88. The Morgan fingerprint density at radius 1 is 0.833 bits per heavy atom. The largest absolute Gasteiger partial charge is 0.356 e. The molecule has 2 aromatic carbocycles. The normalized spacial score (nSPS) is 15.9. The van der Waals surface area contributed by atoms with Gasteiger partial charge < -0.3 is 14.0 Å². The van der Waals surface area contributed by atoms with Crippen molar-refractivity contribution in [1.29, 1.82) is 0 Å². The van der Waals surface area contributed by atoms with Crippen molar-refractivity contribution in [3.05, 3.63) is 76.7 Å². The van der Waals surface area contributed by atoms with Gasteiger partial charge in [-0.1, -0.05) is 35.5 Å². The average molecular weight is 402 g/mol. The number of hydrogen-bond donors (Lipinski definition) is 0. The highest BCUT2D eigenvalue weighted by molar-refractivity contribution is 5.79. The molecule has 1 saturated heterocycles. The van der Waals surface area contributed by atoms with Gasteiger partial charge in [0.1, 0.15) is 5.69 Å². The van der Waals surface area contributed by atoms with Gasteiger partial charge in [0.15, 0.2) is 5.58 Å². The fraction of sp³-hybridized carbons (Fsp3) is 0.333. The van der Waals surface area contributed by atoms with E-state index in [1.807, 2.05) is 47.0 Å². The van der Waals surface area contributed by atoms with Gasteiger partial charge in [0.05, 0.1) is 5.52 Å². The summed E-state index contributed by atoms with van der Waals surface area (Å²) in [5.74, 6) is 0. The molecule has 1 aliphatic rings. The van der Waals surface area contributed by atoms with Gasteiger partial charge in [0.25, 0.3) is 5.56 Å². The molecule has 0 bridgehead atoms. The first-order chi connectivity index (χ1) is 14.8. The Labute approximate surface area is 175 Å². The molecule has 0 saturated carbocycles. The van der Waals surface area contributed by atoms with Gasteiger partial charge in [-0.25, -0.2) is 0 Å². The van der Waals surface area contributed by atoms with Crippen molar-refractivity contribution in [3.8, 4) is 0 Å². The summed E-state index contributed by atoms with van der Waals surface area (Å²) < 4.78 is 7.34. The Bertz CT molecular complexity index is 1200. The lowest BCUT2D eigenvalue weighted by Crippen LogP contribution is -2.46. The topological polar surface area (TPSA) is 54.5 Å². The van der Waals surface area contributed by atoms with Crippen LogP contribution >= 0.6 is 0 Å². The summed E-state index contributed by atoms with van der Waals surface area (Å²) in [6, 6.07) is 19.7. The molecule has 6 nitrogen and oxygen atoms in total. The minimum atomic E-state index is 0.0818. The zero-order valence-electron chi connectivity index (χ0n) is 17.0. The summed E-state index contributed by atoms with van der Waals surface area (Å²) in [6.07, 6.45) is 0.974. The lowest BCUT2D eigenvalue weighted by atomic mass is 10.2. The summed E-state index contributed by atoms with van der Waals surface area (Å²) in [7, 11) is 0. The summed E-state index contributed by atoms with van der Waals surface area (Å²) in [4.78, 5) is 17.3. The van der Waals surface area contributed by atoms with Crippen molar-refractivity contribution in [1.82, 2.24) is 19.5 Å². The van der Waals surface area contributed by atoms with E-state index in [0.717, 1.165) is 79.8 Å². The lowest BCUT2D eigenvalue weighted by molar-refractivity contribution is 0.123. The Morgan fingerprint density at radius 2 is 1.60 bits per heavy atom. The maximum atomic E-state index is 12.3. The molecule has 0 radical (unpaired) electrons. The van der Waals surface area contributed by atoms with E-state index in [-0.39, 0.29) is 5.56 Å². The van der Waals surface area contributed by atoms with Crippen LogP contribution in [0.3, 0.4) is 0 Å². The van der Waals surface area contributed by atoms with Crippen molar-refractivity contribution in [2.75, 3.05) is 32.7 Å². The monoisotopic (exact) mass is 402 g/mol. The van der Waals surface area contributed by atoms with E-state index in [2.05, 4.69) is 27.1 Å². The first-order valence-electron chi connectivity index (χ1n) is 10.6. The van der Waals surface area contributed by atoms with Crippen LogP contribution in [0.1, 0.15) is 12.1 Å². The highest BCUT2D eigenvalue weighted by Crippen LogP contribution is 2.20. The molecule has 1 aliphatic heterocycles. The molecular weight excluding hydrogens is 376 g/mol. The summed E-state index contributed by atoms with van der Waals surface area (Å²) in [6.45, 7) is 6.73. The van der Waals surface area contributed by atoms with Gasteiger partial charge in [-0.05, 0) is 42.6 Å². The van der Waals surface area contributed by atoms with E-state index in [9.17, 15) is 4.79 Å². The molecule has 0 atom stereocenters. The summed E-state index contributed by atoms with van der Waals surface area (Å²) in [5, 5.41) is 6.49. The number of aromatic nitrogens is 2. The van der Waals surface area contributed by atoms with E-state index >= 15 is 0 Å². The van der Waals surface area contributed by atoms with Crippen LogP contribution < -0.4 is 5.56 Å². The minimum absolute atomic E-state index is 0.0818. The molecule has 5 rings (SSSR count). The third-order valence-corrected chi connectivity index (χ3v) is 6.05. The Hall–Kier alpha value is -2.96. The average Bonchev–Trinajstić information content (AvgIpc) is 3.19. The molecule has 2 aromatic heterocycles. The van der Waals surface area contributed by atoms with E-state index in [1.54, 1.807) is 6.07 Å². The van der Waals surface area contributed by atoms with Crippen LogP contribution in [0.4, 0.5) is 0 Å². The molecule has 6 heteroatoms. The maximum Gasteiger partial charge on any atom is 0.251 e. The number of piperazine rings is 1. The van der Waals surface area contributed by atoms with Crippen LogP contribution in [-0.2, 0) is 13.1 Å². The Balaban J connectivity index is 1.14. The van der Waals surface area contributed by atoms with E-state index in [0.29, 0.717) is 0 Å². The molecule has 0 unspecified atom stereocenters. The zero-order chi connectivity index (χ0) is 20.3. The molecular formula is C24H26N4O2. The second-order valence-electron chi connectivity index (χ2n) is 7.98. The molecule has 4 aromatic rings. The fourth-order valence-electron chi connectivity index (χ4n) is 4.36. The molecule has 0 spiro atoms. The van der Waals surface area contributed by atoms with Gasteiger partial charge in [-0.15, -0.1) is 0 Å². The second kappa shape index (κ2) is 8.42. The van der Waals surface area contributed by atoms with E-state index < -0.39 is 0 Å². The van der Waals surface area contributed by atoms with E-state index in [4.69, 9.17) is 4.52 Å². The van der Waals surface area contributed by atoms with Gasteiger partial charge >= 0.3 is 0 Å². The van der Waals surface area contributed by atoms with Crippen LogP contribution in [0.25, 0.3) is 21.9 Å². The van der Waals surface area contributed by atoms with Crippen LogP contribution in [-0.4, -0.2) is 52.2 Å². The van der Waals surface area contributed by atoms with Crippen LogP contribution in [0.15, 0.2) is 70.0 Å². The number of aryl methyl sites for hydroxylation is 1. The number of fused-ring (bicyclic) bond motifs is 2. The molecule has 154 valence electrons. The Kier molecular flexibility index (Phi) is 5.34. The first-order valence-corrected chi connectivity index (χ1v) is 10.6. The SMILES string of the molecule is O=c1ccc2ccccc2n1CCCN1CCN(Cc2noc3ccccc23)CC1. The van der Waals surface area contributed by atoms with E-state index in [1.165, 1.54) is 0 Å². The molecule has 0 amide bonds. The van der Waals surface area contributed by atoms with Crippen LogP contribution in [0, 0.1) is 0 Å². The number of nitrogens with zero attached hydrogens (tertiary/aromatic N) is 4. The minimum Gasteiger partial charge on any atom is -0.356 e. The van der Waals surface area contributed by atoms with Gasteiger partial charge in [-0.3, -0.25) is 9.69 Å².